The molecule has 5 rings (SSSR count). The summed E-state index contributed by atoms with van der Waals surface area (Å²) in [6.07, 6.45) is 0. The lowest BCUT2D eigenvalue weighted by Crippen LogP contribution is -2.17. The lowest BCUT2D eigenvalue weighted by molar-refractivity contribution is 0.609. The van der Waals surface area contributed by atoms with E-state index in [2.05, 4.69) is 140 Å². The van der Waals surface area contributed by atoms with E-state index in [1.54, 1.807) is 0 Å². The van der Waals surface area contributed by atoms with Crippen LogP contribution in [0.25, 0.3) is 22.5 Å². The maximum absolute atomic E-state index is 5.29. The van der Waals surface area contributed by atoms with Crippen LogP contribution in [0.15, 0.2) is 121 Å². The van der Waals surface area contributed by atoms with Crippen LogP contribution in [0.4, 0.5) is 0 Å². The Hall–Kier alpha value is -3.91. The Morgan fingerprint density at radius 2 is 0.970 bits per heavy atom. The molecule has 0 fully saturated rings. The van der Waals surface area contributed by atoms with E-state index in [9.17, 15) is 0 Å². The monoisotopic (exact) mass is 428 g/mol. The Labute approximate surface area is 196 Å². The largest absolute Gasteiger partial charge is 0.315 e. The summed E-state index contributed by atoms with van der Waals surface area (Å²) in [5.74, 6) is 1.35. The maximum Gasteiger partial charge on any atom is 0.113 e. The molecule has 0 atom stereocenters. The SMILES string of the molecule is CC(C)c1nc(-c2ccccc2)c(-c2ccccc2)n1C(c1ccccc1)c1ccccc1. The fourth-order valence-corrected chi connectivity index (χ4v) is 4.55. The fraction of sp³-hybridized carbons (Fsp3) is 0.129. The van der Waals surface area contributed by atoms with Gasteiger partial charge in [0.1, 0.15) is 5.82 Å². The topological polar surface area (TPSA) is 17.8 Å². The molecule has 1 heterocycles. The van der Waals surface area contributed by atoms with Gasteiger partial charge in [-0.3, -0.25) is 0 Å². The van der Waals surface area contributed by atoms with Crippen molar-refractivity contribution >= 4 is 0 Å². The molecule has 1 aromatic heterocycles. The van der Waals surface area contributed by atoms with Gasteiger partial charge in [-0.05, 0) is 11.1 Å². The minimum atomic E-state index is 0.0185. The van der Waals surface area contributed by atoms with Crippen LogP contribution in [0.2, 0.25) is 0 Å². The van der Waals surface area contributed by atoms with Crippen molar-refractivity contribution in [2.24, 2.45) is 0 Å². The summed E-state index contributed by atoms with van der Waals surface area (Å²) in [6, 6.07) is 42.8. The Balaban J connectivity index is 1.88. The zero-order valence-corrected chi connectivity index (χ0v) is 19.1. The van der Waals surface area contributed by atoms with Crippen LogP contribution in [-0.4, -0.2) is 9.55 Å². The molecule has 162 valence electrons. The third-order valence-corrected chi connectivity index (χ3v) is 6.04. The van der Waals surface area contributed by atoms with Gasteiger partial charge in [-0.2, -0.15) is 0 Å². The highest BCUT2D eigenvalue weighted by Crippen LogP contribution is 2.40. The van der Waals surface area contributed by atoms with Crippen molar-refractivity contribution in [2.45, 2.75) is 25.8 Å². The second kappa shape index (κ2) is 9.30. The molecule has 0 bridgehead atoms. The number of hydrogen-bond acceptors (Lipinski definition) is 1. The van der Waals surface area contributed by atoms with E-state index < -0.39 is 0 Å². The van der Waals surface area contributed by atoms with Crippen molar-refractivity contribution in [3.63, 3.8) is 0 Å². The zero-order valence-electron chi connectivity index (χ0n) is 19.1. The third kappa shape index (κ3) is 4.12. The minimum absolute atomic E-state index is 0.0185. The van der Waals surface area contributed by atoms with Gasteiger partial charge in [0.05, 0.1) is 17.4 Å². The lowest BCUT2D eigenvalue weighted by Gasteiger charge is -2.26. The van der Waals surface area contributed by atoms with Crippen molar-refractivity contribution < 1.29 is 0 Å². The van der Waals surface area contributed by atoms with Crippen molar-refractivity contribution in [2.75, 3.05) is 0 Å². The number of rotatable bonds is 6. The van der Waals surface area contributed by atoms with E-state index in [-0.39, 0.29) is 12.0 Å². The number of imidazole rings is 1. The molecular weight excluding hydrogens is 400 g/mol. The standard InChI is InChI=1S/C31H28N2/c1-23(2)31-32-28(24-15-7-3-8-16-24)30(27-21-13-6-14-22-27)33(31)29(25-17-9-4-10-18-25)26-19-11-5-12-20-26/h3-23,29H,1-2H3. The summed E-state index contributed by atoms with van der Waals surface area (Å²) in [6.45, 7) is 4.46. The van der Waals surface area contributed by atoms with E-state index >= 15 is 0 Å². The van der Waals surface area contributed by atoms with Crippen LogP contribution in [0.3, 0.4) is 0 Å². The second-order valence-corrected chi connectivity index (χ2v) is 8.65. The molecule has 5 aromatic rings. The zero-order chi connectivity index (χ0) is 22.6. The van der Waals surface area contributed by atoms with E-state index in [1.807, 2.05) is 0 Å². The molecular formula is C31H28N2. The van der Waals surface area contributed by atoms with Crippen molar-refractivity contribution in [3.05, 3.63) is 138 Å². The van der Waals surface area contributed by atoms with E-state index in [1.165, 1.54) is 16.7 Å². The first-order valence-electron chi connectivity index (χ1n) is 11.6. The van der Waals surface area contributed by atoms with Gasteiger partial charge in [0, 0.05) is 17.0 Å². The van der Waals surface area contributed by atoms with Gasteiger partial charge in [-0.1, -0.05) is 135 Å². The van der Waals surface area contributed by atoms with Crippen LogP contribution in [0.1, 0.15) is 42.8 Å². The first kappa shape index (κ1) is 21.0. The first-order chi connectivity index (χ1) is 16.2. The Kier molecular flexibility index (Phi) is 5.91. The molecule has 0 saturated carbocycles. The van der Waals surface area contributed by atoms with Crippen LogP contribution in [-0.2, 0) is 0 Å². The molecule has 0 aliphatic rings. The van der Waals surface area contributed by atoms with Crippen LogP contribution >= 0.6 is 0 Å². The summed E-state index contributed by atoms with van der Waals surface area (Å²) >= 11 is 0. The average Bonchev–Trinajstić information content (AvgIpc) is 3.27. The summed E-state index contributed by atoms with van der Waals surface area (Å²) < 4.78 is 2.47. The highest BCUT2D eigenvalue weighted by atomic mass is 15.1. The van der Waals surface area contributed by atoms with Gasteiger partial charge in [0.25, 0.3) is 0 Å². The summed E-state index contributed by atoms with van der Waals surface area (Å²) in [4.78, 5) is 5.29. The Morgan fingerprint density at radius 1 is 0.545 bits per heavy atom. The molecule has 0 N–H and O–H groups in total. The van der Waals surface area contributed by atoms with Crippen molar-refractivity contribution in [3.8, 4) is 22.5 Å². The first-order valence-corrected chi connectivity index (χ1v) is 11.6. The summed E-state index contributed by atoms with van der Waals surface area (Å²) in [5.41, 5.74) is 7.00. The highest BCUT2D eigenvalue weighted by molar-refractivity contribution is 5.79. The van der Waals surface area contributed by atoms with Crippen molar-refractivity contribution in [1.29, 1.82) is 0 Å². The van der Waals surface area contributed by atoms with Crippen LogP contribution in [0.5, 0.6) is 0 Å². The molecule has 33 heavy (non-hydrogen) atoms. The fourth-order valence-electron chi connectivity index (χ4n) is 4.55. The van der Waals surface area contributed by atoms with Gasteiger partial charge in [0.2, 0.25) is 0 Å². The van der Waals surface area contributed by atoms with Gasteiger partial charge in [0.15, 0.2) is 0 Å². The number of hydrogen-bond donors (Lipinski definition) is 0. The van der Waals surface area contributed by atoms with Crippen molar-refractivity contribution in [1.82, 2.24) is 9.55 Å². The Bertz CT molecular complexity index is 1270. The summed E-state index contributed by atoms with van der Waals surface area (Å²) in [5, 5.41) is 0. The second-order valence-electron chi connectivity index (χ2n) is 8.65. The molecule has 0 aliphatic carbocycles. The van der Waals surface area contributed by atoms with Crippen LogP contribution in [0, 0.1) is 0 Å². The molecule has 0 aliphatic heterocycles. The molecule has 4 aromatic carbocycles. The lowest BCUT2D eigenvalue weighted by atomic mass is 9.96. The molecule has 0 unspecified atom stereocenters. The predicted octanol–water partition coefficient (Wildman–Crippen LogP) is 7.98. The molecule has 0 radical (unpaired) electrons. The molecule has 2 heteroatoms. The average molecular weight is 429 g/mol. The van der Waals surface area contributed by atoms with E-state index in [0.29, 0.717) is 0 Å². The highest BCUT2D eigenvalue weighted by Gasteiger charge is 2.28. The smallest absolute Gasteiger partial charge is 0.113 e. The minimum Gasteiger partial charge on any atom is -0.315 e. The molecule has 0 amide bonds. The number of benzene rings is 4. The van der Waals surface area contributed by atoms with Gasteiger partial charge < -0.3 is 4.57 Å². The van der Waals surface area contributed by atoms with E-state index in [0.717, 1.165) is 22.8 Å². The van der Waals surface area contributed by atoms with Gasteiger partial charge >= 0.3 is 0 Å². The van der Waals surface area contributed by atoms with E-state index in [4.69, 9.17) is 4.98 Å². The van der Waals surface area contributed by atoms with Gasteiger partial charge in [-0.25, -0.2) is 4.98 Å². The predicted molar refractivity (Wildman–Crippen MR) is 137 cm³/mol. The quantitative estimate of drug-likeness (QED) is 0.268. The molecule has 0 spiro atoms. The maximum atomic E-state index is 5.29. The third-order valence-electron chi connectivity index (χ3n) is 6.04. The number of aromatic nitrogens is 2. The van der Waals surface area contributed by atoms with Crippen LogP contribution < -0.4 is 0 Å². The molecule has 2 nitrogen and oxygen atoms in total. The normalized spacial score (nSPS) is 11.3. The number of nitrogens with zero attached hydrogens (tertiary/aromatic N) is 2. The van der Waals surface area contributed by atoms with Gasteiger partial charge in [-0.15, -0.1) is 0 Å². The summed E-state index contributed by atoms with van der Waals surface area (Å²) in [7, 11) is 0. The molecule has 0 saturated heterocycles. The Morgan fingerprint density at radius 3 is 1.42 bits per heavy atom.